The maximum absolute atomic E-state index is 12.0. The predicted molar refractivity (Wildman–Crippen MR) is 105 cm³/mol. The van der Waals surface area contributed by atoms with Crippen LogP contribution in [0.15, 0.2) is 47.3 Å². The third-order valence-electron chi connectivity index (χ3n) is 4.71. The minimum absolute atomic E-state index is 0.117. The monoisotopic (exact) mass is 356 g/mol. The molecule has 25 heavy (non-hydrogen) atoms. The van der Waals surface area contributed by atoms with Crippen LogP contribution in [-0.4, -0.2) is 18.1 Å². The number of nitrogens with one attached hydrogen (secondary N) is 2. The lowest BCUT2D eigenvalue weighted by atomic mass is 9.85. The van der Waals surface area contributed by atoms with Gasteiger partial charge in [0.1, 0.15) is 5.02 Å². The summed E-state index contributed by atoms with van der Waals surface area (Å²) in [4.78, 5) is 14.9. The Balaban J connectivity index is 2.04. The smallest absolute Gasteiger partial charge is 0.267 e. The second kappa shape index (κ2) is 7.19. The molecule has 1 fully saturated rings. The molecule has 0 unspecified atom stereocenters. The first-order valence-electron chi connectivity index (χ1n) is 8.77. The van der Waals surface area contributed by atoms with E-state index in [4.69, 9.17) is 11.6 Å². The van der Waals surface area contributed by atoms with Crippen LogP contribution in [-0.2, 0) is 5.41 Å². The molecule has 132 valence electrons. The van der Waals surface area contributed by atoms with Crippen LogP contribution in [0.5, 0.6) is 0 Å². The number of hydrogen-bond acceptors (Lipinski definition) is 2. The van der Waals surface area contributed by atoms with Gasteiger partial charge in [0, 0.05) is 17.8 Å². The second-order valence-corrected chi connectivity index (χ2v) is 8.12. The van der Waals surface area contributed by atoms with Gasteiger partial charge in [-0.1, -0.05) is 62.7 Å². The number of H-pyrrole nitrogens is 1. The van der Waals surface area contributed by atoms with Gasteiger partial charge in [0.05, 0.1) is 0 Å². The third-order valence-corrected chi connectivity index (χ3v) is 5.01. The maximum Gasteiger partial charge on any atom is 0.267 e. The largest absolute Gasteiger partial charge is 0.321 e. The maximum atomic E-state index is 12.0. The Morgan fingerprint density at radius 2 is 1.88 bits per heavy atom. The van der Waals surface area contributed by atoms with E-state index in [1.165, 1.54) is 5.56 Å². The molecular weight excluding hydrogens is 332 g/mol. The zero-order valence-electron chi connectivity index (χ0n) is 15.0. The Kier molecular flexibility index (Phi) is 5.16. The summed E-state index contributed by atoms with van der Waals surface area (Å²) in [5.41, 5.74) is 4.14. The van der Waals surface area contributed by atoms with Crippen LogP contribution in [0.25, 0.3) is 5.57 Å². The number of halogens is 1. The quantitative estimate of drug-likeness (QED) is 0.857. The molecule has 2 heterocycles. The Morgan fingerprint density at radius 1 is 1.16 bits per heavy atom. The summed E-state index contributed by atoms with van der Waals surface area (Å²) in [6, 6.07) is 12.2. The zero-order valence-corrected chi connectivity index (χ0v) is 15.8. The van der Waals surface area contributed by atoms with Crippen molar-refractivity contribution in [3.63, 3.8) is 0 Å². The average Bonchev–Trinajstić information content (AvgIpc) is 3.08. The summed E-state index contributed by atoms with van der Waals surface area (Å²) in [7, 11) is 0. The van der Waals surface area contributed by atoms with Crippen molar-refractivity contribution in [2.45, 2.75) is 32.6 Å². The fourth-order valence-corrected chi connectivity index (χ4v) is 3.27. The van der Waals surface area contributed by atoms with Gasteiger partial charge in [0.2, 0.25) is 0 Å². The van der Waals surface area contributed by atoms with Crippen molar-refractivity contribution in [3.8, 4) is 0 Å². The van der Waals surface area contributed by atoms with Gasteiger partial charge in [-0.05, 0) is 47.6 Å². The van der Waals surface area contributed by atoms with E-state index in [9.17, 15) is 4.79 Å². The second-order valence-electron chi connectivity index (χ2n) is 7.71. The highest BCUT2D eigenvalue weighted by Crippen LogP contribution is 2.28. The molecule has 1 saturated heterocycles. The molecule has 0 saturated carbocycles. The number of aromatic amines is 1. The summed E-state index contributed by atoms with van der Waals surface area (Å²) in [5.74, 6) is 0.469. The van der Waals surface area contributed by atoms with Crippen molar-refractivity contribution >= 4 is 17.2 Å². The van der Waals surface area contributed by atoms with Crippen LogP contribution in [0.1, 0.15) is 44.0 Å². The SMILES string of the molecule is CC(C)(C)c1ccc(/C(=C\[C@H]2CCNC2)c2ccc(Cl)c(=O)[nH]2)cc1. The van der Waals surface area contributed by atoms with Crippen molar-refractivity contribution in [3.05, 3.63) is 74.7 Å². The van der Waals surface area contributed by atoms with Crippen LogP contribution in [0, 0.1) is 5.92 Å². The number of aromatic nitrogens is 1. The minimum atomic E-state index is -0.249. The van der Waals surface area contributed by atoms with E-state index in [0.717, 1.165) is 36.3 Å². The number of benzene rings is 1. The normalized spacial score (nSPS) is 18.6. The van der Waals surface area contributed by atoms with Crippen LogP contribution in [0.4, 0.5) is 0 Å². The van der Waals surface area contributed by atoms with Crippen molar-refractivity contribution < 1.29 is 0 Å². The van der Waals surface area contributed by atoms with Crippen LogP contribution >= 0.6 is 11.6 Å². The first-order chi connectivity index (χ1) is 11.8. The summed E-state index contributed by atoms with van der Waals surface area (Å²) in [6.45, 7) is 8.63. The molecule has 1 aliphatic heterocycles. The molecule has 4 heteroatoms. The van der Waals surface area contributed by atoms with E-state index < -0.39 is 0 Å². The fraction of sp³-hybridized carbons (Fsp3) is 0.381. The molecule has 0 amide bonds. The van der Waals surface area contributed by atoms with Gasteiger partial charge in [-0.3, -0.25) is 4.79 Å². The number of pyridine rings is 1. The Labute approximate surface area is 154 Å². The molecule has 3 rings (SSSR count). The van der Waals surface area contributed by atoms with Crippen LogP contribution in [0.2, 0.25) is 5.02 Å². The lowest BCUT2D eigenvalue weighted by molar-refractivity contribution is 0.590. The average molecular weight is 357 g/mol. The van der Waals surface area contributed by atoms with E-state index >= 15 is 0 Å². The first-order valence-corrected chi connectivity index (χ1v) is 9.15. The van der Waals surface area contributed by atoms with Crippen LogP contribution < -0.4 is 10.9 Å². The van der Waals surface area contributed by atoms with E-state index in [-0.39, 0.29) is 16.0 Å². The minimum Gasteiger partial charge on any atom is -0.321 e. The zero-order chi connectivity index (χ0) is 18.0. The van der Waals surface area contributed by atoms with Gasteiger partial charge >= 0.3 is 0 Å². The summed E-state index contributed by atoms with van der Waals surface area (Å²) >= 11 is 5.90. The van der Waals surface area contributed by atoms with Gasteiger partial charge in [0.15, 0.2) is 0 Å². The molecule has 2 N–H and O–H groups in total. The number of hydrogen-bond donors (Lipinski definition) is 2. The third kappa shape index (κ3) is 4.23. The van der Waals surface area contributed by atoms with Gasteiger partial charge in [-0.2, -0.15) is 0 Å². The van der Waals surface area contributed by atoms with E-state index in [1.54, 1.807) is 6.07 Å². The molecule has 1 atom stereocenters. The lowest BCUT2D eigenvalue weighted by Gasteiger charge is -2.20. The highest BCUT2D eigenvalue weighted by molar-refractivity contribution is 6.30. The lowest BCUT2D eigenvalue weighted by Crippen LogP contribution is -2.12. The molecule has 0 spiro atoms. The first kappa shape index (κ1) is 18.0. The molecule has 3 nitrogen and oxygen atoms in total. The Hall–Kier alpha value is -1.84. The van der Waals surface area contributed by atoms with Gasteiger partial charge in [-0.25, -0.2) is 0 Å². The molecule has 1 aliphatic rings. The number of rotatable bonds is 3. The highest BCUT2D eigenvalue weighted by Gasteiger charge is 2.17. The van der Waals surface area contributed by atoms with Crippen LogP contribution in [0.3, 0.4) is 0 Å². The predicted octanol–water partition coefficient (Wildman–Crippen LogP) is 4.37. The summed E-state index contributed by atoms with van der Waals surface area (Å²) in [6.07, 6.45) is 3.38. The van der Waals surface area contributed by atoms with E-state index in [0.29, 0.717) is 5.92 Å². The summed E-state index contributed by atoms with van der Waals surface area (Å²) < 4.78 is 0. The Morgan fingerprint density at radius 3 is 2.44 bits per heavy atom. The van der Waals surface area contributed by atoms with E-state index in [2.05, 4.69) is 61.4 Å². The van der Waals surface area contributed by atoms with Gasteiger partial charge in [0.25, 0.3) is 5.56 Å². The van der Waals surface area contributed by atoms with Gasteiger partial charge in [-0.15, -0.1) is 0 Å². The van der Waals surface area contributed by atoms with Crippen molar-refractivity contribution in [2.24, 2.45) is 5.92 Å². The molecule has 1 aromatic heterocycles. The molecule has 0 radical (unpaired) electrons. The van der Waals surface area contributed by atoms with Crippen molar-refractivity contribution in [1.82, 2.24) is 10.3 Å². The van der Waals surface area contributed by atoms with Gasteiger partial charge < -0.3 is 10.3 Å². The topological polar surface area (TPSA) is 44.9 Å². The molecule has 0 bridgehead atoms. The summed E-state index contributed by atoms with van der Waals surface area (Å²) in [5, 5.41) is 3.61. The molecule has 2 aromatic rings. The van der Waals surface area contributed by atoms with Crippen molar-refractivity contribution in [1.29, 1.82) is 0 Å². The fourth-order valence-electron chi connectivity index (χ4n) is 3.16. The van der Waals surface area contributed by atoms with Crippen molar-refractivity contribution in [2.75, 3.05) is 13.1 Å². The standard InChI is InChI=1S/C21H25ClN2O/c1-21(2,3)16-6-4-15(5-7-16)17(12-14-10-11-23-13-14)19-9-8-18(22)20(25)24-19/h4-9,12,14,23H,10-11,13H2,1-3H3,(H,24,25)/b17-12+/t14-/m1/s1. The Bertz CT molecular complexity index is 822. The molecular formula is C21H25ClN2O. The molecule has 0 aliphatic carbocycles. The van der Waals surface area contributed by atoms with E-state index in [1.807, 2.05) is 6.07 Å². The highest BCUT2D eigenvalue weighted by atomic mass is 35.5. The molecule has 1 aromatic carbocycles.